The molecule has 2 heteroatoms. The Balaban J connectivity index is 0.000000280. The predicted molar refractivity (Wildman–Crippen MR) is 76.6 cm³/mol. The summed E-state index contributed by atoms with van der Waals surface area (Å²) >= 11 is 5.41. The summed E-state index contributed by atoms with van der Waals surface area (Å²) in [6.45, 7) is 4.14. The second-order valence-corrected chi connectivity index (χ2v) is 8.39. The Hall–Kier alpha value is -1.05. The van der Waals surface area contributed by atoms with Crippen molar-refractivity contribution in [2.45, 2.75) is 13.1 Å². The topological polar surface area (TPSA) is 0 Å². The van der Waals surface area contributed by atoms with Gasteiger partial charge in [-0.2, -0.15) is 11.1 Å². The van der Waals surface area contributed by atoms with Crippen LogP contribution in [-0.4, -0.2) is 8.11 Å². The third kappa shape index (κ3) is 5.15. The van der Waals surface area contributed by atoms with Crippen molar-refractivity contribution in [3.8, 4) is 11.1 Å². The molecule has 0 nitrogen and oxygen atoms in total. The van der Waals surface area contributed by atoms with Crippen molar-refractivity contribution in [3.05, 3.63) is 60.7 Å². The highest BCUT2D eigenvalue weighted by Crippen LogP contribution is 2.17. The van der Waals surface area contributed by atoms with Crippen LogP contribution in [0.15, 0.2) is 60.7 Å². The Morgan fingerprint density at radius 2 is 0.938 bits per heavy atom. The minimum Gasteiger partial charge on any atom is -0.172 e. The lowest BCUT2D eigenvalue weighted by Crippen LogP contribution is -1.78. The molecule has 0 saturated heterocycles. The third-order valence-corrected chi connectivity index (χ3v) is 1.88. The van der Waals surface area contributed by atoms with Crippen LogP contribution in [0.25, 0.3) is 11.1 Å². The molecule has 84 valence electrons. The maximum absolute atomic E-state index is 5.41. The van der Waals surface area contributed by atoms with E-state index < -0.39 is 8.11 Å². The average Bonchev–Trinajstić information content (AvgIpc) is 2.31. The zero-order chi connectivity index (χ0) is 11.8. The Morgan fingerprint density at radius 1 is 0.688 bits per heavy atom. The van der Waals surface area contributed by atoms with Gasteiger partial charge in [-0.05, 0) is 11.1 Å². The molecular formula is C14H17ClSi. The van der Waals surface area contributed by atoms with Gasteiger partial charge in [0.15, 0.2) is 0 Å². The van der Waals surface area contributed by atoms with Crippen molar-refractivity contribution in [1.29, 1.82) is 0 Å². The second kappa shape index (κ2) is 7.26. The molecule has 2 aromatic carbocycles. The Bertz CT molecular complexity index is 344. The van der Waals surface area contributed by atoms with Crippen LogP contribution in [0.2, 0.25) is 13.1 Å². The first-order valence-electron chi connectivity index (χ1n) is 5.44. The summed E-state index contributed by atoms with van der Waals surface area (Å²) in [5.41, 5.74) is 2.55. The first kappa shape index (κ1) is 13.0. The highest BCUT2D eigenvalue weighted by atomic mass is 35.6. The fraction of sp³-hybridized carbons (Fsp3) is 0.143. The van der Waals surface area contributed by atoms with Crippen LogP contribution in [0, 0.1) is 0 Å². The first-order chi connectivity index (χ1) is 7.70. The van der Waals surface area contributed by atoms with Crippen molar-refractivity contribution in [3.63, 3.8) is 0 Å². The zero-order valence-corrected chi connectivity index (χ0v) is 11.6. The molecule has 0 atom stereocenters. The Kier molecular flexibility index (Phi) is 5.90. The molecule has 2 rings (SSSR count). The van der Waals surface area contributed by atoms with Gasteiger partial charge in [-0.15, -0.1) is 0 Å². The zero-order valence-electron chi connectivity index (χ0n) is 9.73. The van der Waals surface area contributed by atoms with E-state index in [9.17, 15) is 0 Å². The maximum atomic E-state index is 5.41. The molecule has 16 heavy (non-hydrogen) atoms. The molecule has 0 saturated carbocycles. The van der Waals surface area contributed by atoms with Gasteiger partial charge in [0, 0.05) is 0 Å². The molecule has 0 radical (unpaired) electrons. The predicted octanol–water partition coefficient (Wildman–Crippen LogP) is 4.56. The van der Waals surface area contributed by atoms with Gasteiger partial charge in [0.25, 0.3) is 0 Å². The lowest BCUT2D eigenvalue weighted by Gasteiger charge is -1.98. The molecule has 0 heterocycles. The number of rotatable bonds is 1. The van der Waals surface area contributed by atoms with E-state index in [4.69, 9.17) is 11.1 Å². The molecule has 0 aliphatic carbocycles. The maximum Gasteiger partial charge on any atom is 0.134 e. The van der Waals surface area contributed by atoms with Crippen LogP contribution >= 0.6 is 11.1 Å². The first-order valence-corrected chi connectivity index (χ1v) is 9.50. The molecular weight excluding hydrogens is 232 g/mol. The number of hydrogen-bond acceptors (Lipinski definition) is 0. The Labute approximate surface area is 104 Å². The molecule has 0 fully saturated rings. The number of benzene rings is 2. The van der Waals surface area contributed by atoms with Crippen molar-refractivity contribution < 1.29 is 0 Å². The van der Waals surface area contributed by atoms with Crippen molar-refractivity contribution >= 4 is 19.2 Å². The highest BCUT2D eigenvalue weighted by Gasteiger charge is 1.91. The van der Waals surface area contributed by atoms with E-state index in [2.05, 4.69) is 61.6 Å². The molecule has 0 spiro atoms. The van der Waals surface area contributed by atoms with Gasteiger partial charge >= 0.3 is 0 Å². The molecule has 2 aromatic rings. The lowest BCUT2D eigenvalue weighted by atomic mass is 10.1. The van der Waals surface area contributed by atoms with Gasteiger partial charge in [0.1, 0.15) is 8.11 Å². The molecule has 0 bridgehead atoms. The normalized spacial score (nSPS) is 9.50. The summed E-state index contributed by atoms with van der Waals surface area (Å²) < 4.78 is 0. The van der Waals surface area contributed by atoms with E-state index in [1.165, 1.54) is 11.1 Å². The van der Waals surface area contributed by atoms with Crippen LogP contribution < -0.4 is 0 Å². The van der Waals surface area contributed by atoms with Gasteiger partial charge in [0.05, 0.1) is 0 Å². The van der Waals surface area contributed by atoms with Gasteiger partial charge < -0.3 is 0 Å². The van der Waals surface area contributed by atoms with Crippen LogP contribution in [0.3, 0.4) is 0 Å². The minimum absolute atomic E-state index is 0.667. The smallest absolute Gasteiger partial charge is 0.134 e. The highest BCUT2D eigenvalue weighted by molar-refractivity contribution is 7.05. The summed E-state index contributed by atoms with van der Waals surface area (Å²) in [6, 6.07) is 20.8. The molecule has 0 aliphatic rings. The second-order valence-electron chi connectivity index (χ2n) is 3.75. The van der Waals surface area contributed by atoms with E-state index >= 15 is 0 Å². The van der Waals surface area contributed by atoms with Gasteiger partial charge in [0.2, 0.25) is 0 Å². The van der Waals surface area contributed by atoms with Gasteiger partial charge in [-0.3, -0.25) is 0 Å². The molecule has 0 unspecified atom stereocenters. The van der Waals surface area contributed by atoms with E-state index in [1.54, 1.807) is 0 Å². The number of hydrogen-bond donors (Lipinski definition) is 0. The monoisotopic (exact) mass is 248 g/mol. The lowest BCUT2D eigenvalue weighted by molar-refractivity contribution is 1.62. The van der Waals surface area contributed by atoms with Crippen LogP contribution in [-0.2, 0) is 0 Å². The minimum atomic E-state index is -0.667. The number of halogens is 1. The Morgan fingerprint density at radius 3 is 1.19 bits per heavy atom. The fourth-order valence-electron chi connectivity index (χ4n) is 1.26. The summed E-state index contributed by atoms with van der Waals surface area (Å²) in [5, 5.41) is 0. The van der Waals surface area contributed by atoms with Crippen molar-refractivity contribution in [2.24, 2.45) is 0 Å². The SMILES string of the molecule is C[SiH](C)Cl.c1ccc(-c2ccccc2)cc1. The van der Waals surface area contributed by atoms with Crippen molar-refractivity contribution in [2.75, 3.05) is 0 Å². The van der Waals surface area contributed by atoms with Crippen LogP contribution in [0.5, 0.6) is 0 Å². The van der Waals surface area contributed by atoms with Crippen LogP contribution in [0.1, 0.15) is 0 Å². The summed E-state index contributed by atoms with van der Waals surface area (Å²) in [6.07, 6.45) is 0. The van der Waals surface area contributed by atoms with Crippen molar-refractivity contribution in [1.82, 2.24) is 0 Å². The summed E-state index contributed by atoms with van der Waals surface area (Å²) in [4.78, 5) is 0. The van der Waals surface area contributed by atoms with E-state index in [0.29, 0.717) is 0 Å². The fourth-order valence-corrected chi connectivity index (χ4v) is 1.26. The molecule has 0 amide bonds. The van der Waals surface area contributed by atoms with Gasteiger partial charge in [-0.25, -0.2) is 0 Å². The van der Waals surface area contributed by atoms with Crippen LogP contribution in [0.4, 0.5) is 0 Å². The van der Waals surface area contributed by atoms with E-state index in [0.717, 1.165) is 0 Å². The van der Waals surface area contributed by atoms with Gasteiger partial charge in [-0.1, -0.05) is 73.8 Å². The summed E-state index contributed by atoms with van der Waals surface area (Å²) in [7, 11) is -0.667. The summed E-state index contributed by atoms with van der Waals surface area (Å²) in [5.74, 6) is 0. The third-order valence-electron chi connectivity index (χ3n) is 1.88. The van der Waals surface area contributed by atoms with E-state index in [1.807, 2.05) is 12.1 Å². The standard InChI is InChI=1S/C12H10.C2H7ClSi/c1-3-7-11(8-4-1)12-9-5-2-6-10-12;1-4(2)3/h1-10H;4H,1-2H3. The molecule has 0 N–H and O–H groups in total. The quantitative estimate of drug-likeness (QED) is 0.513. The molecule has 0 aromatic heterocycles. The largest absolute Gasteiger partial charge is 0.172 e. The average molecular weight is 249 g/mol. The molecule has 0 aliphatic heterocycles. The van der Waals surface area contributed by atoms with E-state index in [-0.39, 0.29) is 0 Å².